The van der Waals surface area contributed by atoms with Crippen LogP contribution in [0.25, 0.3) is 0 Å². The van der Waals surface area contributed by atoms with Gasteiger partial charge in [0.1, 0.15) is 25.2 Å². The normalized spacial score (nSPS) is 11.8. The van der Waals surface area contributed by atoms with E-state index in [9.17, 15) is 18.0 Å². The molecular weight excluding hydrogens is 441 g/mol. The number of alkyl halides is 3. The first-order valence-corrected chi connectivity index (χ1v) is 9.47. The molecular formula is C23H21F3N2O5. The first-order valence-electron chi connectivity index (χ1n) is 9.47. The zero-order chi connectivity index (χ0) is 24.4. The average molecular weight is 462 g/mol. The Balaban J connectivity index is 2.16. The SMILES string of the molecule is CO/N=C(/C(=O)OC)c1cccc(C)c1CO/N=C(\C)C#Cc1cccc(OC(F)(F)F)c1. The van der Waals surface area contributed by atoms with E-state index in [1.54, 1.807) is 19.1 Å². The van der Waals surface area contributed by atoms with Crippen molar-refractivity contribution in [3.05, 3.63) is 64.7 Å². The molecule has 33 heavy (non-hydrogen) atoms. The van der Waals surface area contributed by atoms with Crippen LogP contribution in [0.2, 0.25) is 0 Å². The predicted octanol–water partition coefficient (Wildman–Crippen LogP) is 4.36. The second-order valence-electron chi connectivity index (χ2n) is 6.49. The number of ether oxygens (including phenoxy) is 2. The Morgan fingerprint density at radius 1 is 1.09 bits per heavy atom. The molecule has 0 spiro atoms. The van der Waals surface area contributed by atoms with Crippen LogP contribution in [-0.4, -0.2) is 38.0 Å². The highest BCUT2D eigenvalue weighted by atomic mass is 19.4. The van der Waals surface area contributed by atoms with Crippen LogP contribution in [0.15, 0.2) is 52.8 Å². The average Bonchev–Trinajstić information content (AvgIpc) is 2.76. The number of hydrogen-bond donors (Lipinski definition) is 0. The molecule has 0 fully saturated rings. The lowest BCUT2D eigenvalue weighted by molar-refractivity contribution is -0.274. The first kappa shape index (κ1) is 25.3. The van der Waals surface area contributed by atoms with E-state index in [1.807, 2.05) is 13.0 Å². The maximum absolute atomic E-state index is 12.3. The van der Waals surface area contributed by atoms with Gasteiger partial charge >= 0.3 is 12.3 Å². The van der Waals surface area contributed by atoms with Gasteiger partial charge in [-0.25, -0.2) is 4.79 Å². The number of hydrogen-bond acceptors (Lipinski definition) is 7. The minimum atomic E-state index is -4.78. The largest absolute Gasteiger partial charge is 0.573 e. The van der Waals surface area contributed by atoms with E-state index < -0.39 is 12.3 Å². The van der Waals surface area contributed by atoms with Crippen LogP contribution in [0.5, 0.6) is 5.75 Å². The summed E-state index contributed by atoms with van der Waals surface area (Å²) in [5.41, 5.74) is 2.49. The summed E-state index contributed by atoms with van der Waals surface area (Å²) in [6, 6.07) is 10.5. The van der Waals surface area contributed by atoms with Gasteiger partial charge in [0.2, 0.25) is 0 Å². The molecule has 0 bridgehead atoms. The van der Waals surface area contributed by atoms with E-state index >= 15 is 0 Å². The molecule has 0 saturated carbocycles. The van der Waals surface area contributed by atoms with Crippen molar-refractivity contribution >= 4 is 17.4 Å². The van der Waals surface area contributed by atoms with E-state index in [4.69, 9.17) is 14.4 Å². The second-order valence-corrected chi connectivity index (χ2v) is 6.49. The number of nitrogens with zero attached hydrogens (tertiary/aromatic N) is 2. The lowest BCUT2D eigenvalue weighted by Crippen LogP contribution is -2.20. The summed E-state index contributed by atoms with van der Waals surface area (Å²) in [7, 11) is 2.54. The van der Waals surface area contributed by atoms with Crippen LogP contribution in [-0.2, 0) is 25.8 Å². The summed E-state index contributed by atoms with van der Waals surface area (Å²) in [4.78, 5) is 22.2. The maximum atomic E-state index is 12.3. The molecule has 0 aromatic heterocycles. The van der Waals surface area contributed by atoms with Crippen LogP contribution in [0, 0.1) is 18.8 Å². The summed E-state index contributed by atoms with van der Waals surface area (Å²) in [6.07, 6.45) is -4.78. The fourth-order valence-corrected chi connectivity index (χ4v) is 2.65. The summed E-state index contributed by atoms with van der Waals surface area (Å²) < 4.78 is 45.7. The van der Waals surface area contributed by atoms with Crippen LogP contribution in [0.4, 0.5) is 13.2 Å². The highest BCUT2D eigenvalue weighted by Crippen LogP contribution is 2.23. The van der Waals surface area contributed by atoms with Crippen molar-refractivity contribution in [1.82, 2.24) is 0 Å². The first-order chi connectivity index (χ1) is 15.6. The summed E-state index contributed by atoms with van der Waals surface area (Å²) in [5, 5.41) is 7.66. The Labute approximate surface area is 188 Å². The zero-order valence-electron chi connectivity index (χ0n) is 18.3. The fourth-order valence-electron chi connectivity index (χ4n) is 2.65. The van der Waals surface area contributed by atoms with Crippen LogP contribution in [0.3, 0.4) is 0 Å². The number of esters is 1. The van der Waals surface area contributed by atoms with Gasteiger partial charge in [-0.1, -0.05) is 40.5 Å². The number of rotatable bonds is 7. The third-order valence-electron chi connectivity index (χ3n) is 4.09. The minimum Gasteiger partial charge on any atom is -0.464 e. The Morgan fingerprint density at radius 3 is 2.48 bits per heavy atom. The molecule has 7 nitrogen and oxygen atoms in total. The highest BCUT2D eigenvalue weighted by molar-refractivity contribution is 6.43. The second kappa shape index (κ2) is 11.6. The third kappa shape index (κ3) is 7.88. The summed E-state index contributed by atoms with van der Waals surface area (Å²) in [5.74, 6) is 4.35. The number of halogens is 3. The van der Waals surface area contributed by atoms with E-state index in [0.717, 1.165) is 11.6 Å². The van der Waals surface area contributed by atoms with Gasteiger partial charge in [0.25, 0.3) is 0 Å². The zero-order valence-corrected chi connectivity index (χ0v) is 18.3. The smallest absolute Gasteiger partial charge is 0.464 e. The third-order valence-corrected chi connectivity index (χ3v) is 4.09. The maximum Gasteiger partial charge on any atom is 0.573 e. The van der Waals surface area contributed by atoms with Gasteiger partial charge in [-0.05, 0) is 43.5 Å². The summed E-state index contributed by atoms with van der Waals surface area (Å²) >= 11 is 0. The van der Waals surface area contributed by atoms with E-state index in [-0.39, 0.29) is 23.8 Å². The molecule has 174 valence electrons. The van der Waals surface area contributed by atoms with Crippen molar-refractivity contribution < 1.29 is 37.1 Å². The van der Waals surface area contributed by atoms with Crippen molar-refractivity contribution in [3.8, 4) is 17.6 Å². The molecule has 0 saturated heterocycles. The molecule has 0 aliphatic rings. The molecule has 0 aliphatic heterocycles. The predicted molar refractivity (Wildman–Crippen MR) is 115 cm³/mol. The number of carbonyl (C=O) groups excluding carboxylic acids is 1. The molecule has 2 aromatic rings. The Bertz CT molecular complexity index is 1120. The molecule has 0 N–H and O–H groups in total. The molecule has 2 aromatic carbocycles. The van der Waals surface area contributed by atoms with Crippen LogP contribution < -0.4 is 4.74 Å². The van der Waals surface area contributed by atoms with Crippen LogP contribution in [0.1, 0.15) is 29.2 Å². The topological polar surface area (TPSA) is 78.7 Å². The number of oxime groups is 2. The van der Waals surface area contributed by atoms with Crippen molar-refractivity contribution in [2.45, 2.75) is 26.8 Å². The lowest BCUT2D eigenvalue weighted by atomic mass is 9.99. The molecule has 2 rings (SSSR count). The quantitative estimate of drug-likeness (QED) is 0.264. The number of carbonyl (C=O) groups is 1. The van der Waals surface area contributed by atoms with E-state index in [0.29, 0.717) is 16.7 Å². The lowest BCUT2D eigenvalue weighted by Gasteiger charge is -2.12. The van der Waals surface area contributed by atoms with Crippen molar-refractivity contribution in [2.75, 3.05) is 14.2 Å². The van der Waals surface area contributed by atoms with Gasteiger partial charge < -0.3 is 19.1 Å². The van der Waals surface area contributed by atoms with Gasteiger partial charge in [0, 0.05) is 16.7 Å². The molecule has 0 amide bonds. The van der Waals surface area contributed by atoms with Gasteiger partial charge in [-0.15, -0.1) is 13.2 Å². The molecule has 0 heterocycles. The molecule has 0 radical (unpaired) electrons. The van der Waals surface area contributed by atoms with Gasteiger partial charge in [0.05, 0.1) is 7.11 Å². The molecule has 0 unspecified atom stereocenters. The molecule has 0 aliphatic carbocycles. The van der Waals surface area contributed by atoms with Gasteiger partial charge in [-0.3, -0.25) is 0 Å². The summed E-state index contributed by atoms with van der Waals surface area (Å²) in [6.45, 7) is 3.40. The minimum absolute atomic E-state index is 0.00430. The Morgan fingerprint density at radius 2 is 1.82 bits per heavy atom. The highest BCUT2D eigenvalue weighted by Gasteiger charge is 2.31. The van der Waals surface area contributed by atoms with Crippen molar-refractivity contribution in [2.24, 2.45) is 10.3 Å². The standard InChI is InChI=1S/C23H21F3N2O5/c1-15-7-5-10-19(21(28-31-4)22(29)30-3)20(15)14-32-27-16(2)11-12-17-8-6-9-18(13-17)33-23(24,25)26/h5-10,13H,14H2,1-4H3/b27-16+,28-21+. The fraction of sp³-hybridized carbons (Fsp3) is 0.261. The van der Waals surface area contributed by atoms with Gasteiger partial charge in [0.15, 0.2) is 5.71 Å². The van der Waals surface area contributed by atoms with Crippen molar-refractivity contribution in [1.29, 1.82) is 0 Å². The number of aryl methyl sites for hydroxylation is 1. The van der Waals surface area contributed by atoms with Gasteiger partial charge in [-0.2, -0.15) is 0 Å². The molecule has 10 heteroatoms. The van der Waals surface area contributed by atoms with Crippen molar-refractivity contribution in [3.63, 3.8) is 0 Å². The van der Waals surface area contributed by atoms with E-state index in [1.165, 1.54) is 32.4 Å². The molecule has 0 atom stereocenters. The number of methoxy groups -OCH3 is 1. The monoisotopic (exact) mass is 462 g/mol. The number of benzene rings is 2. The van der Waals surface area contributed by atoms with Crippen LogP contribution >= 0.6 is 0 Å². The Kier molecular flexibility index (Phi) is 8.86. The Hall–Kier alpha value is -4.00. The van der Waals surface area contributed by atoms with E-state index in [2.05, 4.69) is 26.9 Å².